The fraction of sp³-hybridized carbons (Fsp3) is 0.200. The van der Waals surface area contributed by atoms with E-state index in [1.54, 1.807) is 11.8 Å². The van der Waals surface area contributed by atoms with Crippen LogP contribution in [-0.4, -0.2) is 6.26 Å². The van der Waals surface area contributed by atoms with Crippen molar-refractivity contribution in [3.05, 3.63) is 59.1 Å². The average Bonchev–Trinajstić information content (AvgIpc) is 2.39. The molecule has 94 valence electrons. The van der Waals surface area contributed by atoms with E-state index >= 15 is 0 Å². The third kappa shape index (κ3) is 3.44. The fourth-order valence-corrected chi connectivity index (χ4v) is 2.40. The summed E-state index contributed by atoms with van der Waals surface area (Å²) in [6.45, 7) is 2.13. The lowest BCUT2D eigenvalue weighted by atomic mass is 10.1. The minimum Gasteiger partial charge on any atom is -0.379 e. The molecule has 0 aliphatic heterocycles. The van der Waals surface area contributed by atoms with Crippen molar-refractivity contribution in [2.75, 3.05) is 11.6 Å². The topological polar surface area (TPSA) is 12.0 Å². The molecular formula is C15H16ClNS. The molecule has 1 unspecified atom stereocenters. The molecule has 0 radical (unpaired) electrons. The quantitative estimate of drug-likeness (QED) is 0.768. The van der Waals surface area contributed by atoms with E-state index in [9.17, 15) is 0 Å². The average molecular weight is 278 g/mol. The van der Waals surface area contributed by atoms with E-state index in [1.807, 2.05) is 18.2 Å². The van der Waals surface area contributed by atoms with E-state index in [2.05, 4.69) is 48.8 Å². The van der Waals surface area contributed by atoms with E-state index in [4.69, 9.17) is 11.6 Å². The number of hydrogen-bond donors (Lipinski definition) is 1. The third-order valence-corrected chi connectivity index (χ3v) is 3.80. The molecule has 2 aromatic carbocycles. The summed E-state index contributed by atoms with van der Waals surface area (Å²) in [4.78, 5) is 1.27. The van der Waals surface area contributed by atoms with Gasteiger partial charge in [-0.15, -0.1) is 11.8 Å². The Balaban J connectivity index is 2.08. The highest BCUT2D eigenvalue weighted by molar-refractivity contribution is 7.98. The van der Waals surface area contributed by atoms with Gasteiger partial charge in [0.1, 0.15) is 0 Å². The molecule has 0 aliphatic rings. The summed E-state index contributed by atoms with van der Waals surface area (Å²) < 4.78 is 0. The molecule has 1 atom stereocenters. The predicted molar refractivity (Wildman–Crippen MR) is 81.7 cm³/mol. The molecule has 0 fully saturated rings. The Kier molecular flexibility index (Phi) is 4.56. The van der Waals surface area contributed by atoms with E-state index < -0.39 is 0 Å². The first-order valence-electron chi connectivity index (χ1n) is 5.85. The van der Waals surface area contributed by atoms with Gasteiger partial charge in [-0.3, -0.25) is 0 Å². The van der Waals surface area contributed by atoms with Crippen LogP contribution < -0.4 is 5.32 Å². The molecule has 0 amide bonds. The molecule has 3 heteroatoms. The van der Waals surface area contributed by atoms with E-state index in [0.717, 1.165) is 10.7 Å². The van der Waals surface area contributed by atoms with Crippen LogP contribution >= 0.6 is 23.4 Å². The molecule has 0 aliphatic carbocycles. The molecule has 0 bridgehead atoms. The second-order valence-electron chi connectivity index (χ2n) is 4.15. The van der Waals surface area contributed by atoms with Crippen molar-refractivity contribution < 1.29 is 0 Å². The van der Waals surface area contributed by atoms with Gasteiger partial charge in [-0.25, -0.2) is 0 Å². The number of thioether (sulfide) groups is 1. The van der Waals surface area contributed by atoms with Crippen molar-refractivity contribution in [1.82, 2.24) is 0 Å². The number of benzene rings is 2. The third-order valence-electron chi connectivity index (χ3n) is 2.82. The van der Waals surface area contributed by atoms with Gasteiger partial charge < -0.3 is 5.32 Å². The van der Waals surface area contributed by atoms with Crippen molar-refractivity contribution in [2.45, 2.75) is 17.9 Å². The maximum absolute atomic E-state index is 6.00. The highest BCUT2D eigenvalue weighted by Crippen LogP contribution is 2.23. The number of nitrogens with one attached hydrogen (secondary N) is 1. The molecule has 1 N–H and O–H groups in total. The van der Waals surface area contributed by atoms with Crippen LogP contribution in [0.4, 0.5) is 5.69 Å². The van der Waals surface area contributed by atoms with E-state index in [1.165, 1.54) is 10.5 Å². The standard InChI is InChI=1S/C15H16ClNS/c1-11(12-4-3-5-13(16)10-12)17-14-6-8-15(18-2)9-7-14/h3-11,17H,1-2H3. The van der Waals surface area contributed by atoms with Gasteiger partial charge in [0.05, 0.1) is 0 Å². The van der Waals surface area contributed by atoms with E-state index in [-0.39, 0.29) is 6.04 Å². The lowest BCUT2D eigenvalue weighted by Gasteiger charge is -2.16. The van der Waals surface area contributed by atoms with Gasteiger partial charge in [-0.05, 0) is 55.1 Å². The van der Waals surface area contributed by atoms with Crippen LogP contribution in [-0.2, 0) is 0 Å². The summed E-state index contributed by atoms with van der Waals surface area (Å²) in [6.07, 6.45) is 2.08. The normalized spacial score (nSPS) is 12.2. The first-order chi connectivity index (χ1) is 8.69. The van der Waals surface area contributed by atoms with Crippen molar-refractivity contribution in [2.24, 2.45) is 0 Å². The van der Waals surface area contributed by atoms with Crippen LogP contribution in [0.2, 0.25) is 5.02 Å². The van der Waals surface area contributed by atoms with Gasteiger partial charge in [-0.1, -0.05) is 23.7 Å². The number of hydrogen-bond acceptors (Lipinski definition) is 2. The van der Waals surface area contributed by atoms with Crippen molar-refractivity contribution in [1.29, 1.82) is 0 Å². The lowest BCUT2D eigenvalue weighted by molar-refractivity contribution is 0.884. The first kappa shape index (κ1) is 13.3. The van der Waals surface area contributed by atoms with E-state index in [0.29, 0.717) is 0 Å². The van der Waals surface area contributed by atoms with Gasteiger partial charge in [-0.2, -0.15) is 0 Å². The Bertz CT molecular complexity index is 510. The van der Waals surface area contributed by atoms with Gasteiger partial charge in [0.25, 0.3) is 0 Å². The smallest absolute Gasteiger partial charge is 0.0486 e. The second kappa shape index (κ2) is 6.17. The Morgan fingerprint density at radius 2 is 1.83 bits per heavy atom. The zero-order chi connectivity index (χ0) is 13.0. The maximum atomic E-state index is 6.00. The molecule has 2 rings (SSSR count). The van der Waals surface area contributed by atoms with Gasteiger partial charge in [0, 0.05) is 21.6 Å². The molecule has 2 aromatic rings. The van der Waals surface area contributed by atoms with Crippen LogP contribution in [0.3, 0.4) is 0 Å². The van der Waals surface area contributed by atoms with Crippen LogP contribution in [0.15, 0.2) is 53.4 Å². The molecule has 0 saturated heterocycles. The summed E-state index contributed by atoms with van der Waals surface area (Å²) in [7, 11) is 0. The van der Waals surface area contributed by atoms with Crippen molar-refractivity contribution in [3.63, 3.8) is 0 Å². The Morgan fingerprint density at radius 3 is 2.44 bits per heavy atom. The molecule has 0 spiro atoms. The predicted octanol–water partition coefficient (Wildman–Crippen LogP) is 5.24. The molecule has 18 heavy (non-hydrogen) atoms. The molecule has 0 aromatic heterocycles. The number of rotatable bonds is 4. The van der Waals surface area contributed by atoms with Crippen molar-refractivity contribution in [3.8, 4) is 0 Å². The number of halogens is 1. The van der Waals surface area contributed by atoms with Crippen LogP contribution in [0.1, 0.15) is 18.5 Å². The highest BCUT2D eigenvalue weighted by Gasteiger charge is 2.05. The SMILES string of the molecule is CSc1ccc(NC(C)c2cccc(Cl)c2)cc1. The lowest BCUT2D eigenvalue weighted by Crippen LogP contribution is -2.06. The Morgan fingerprint density at radius 1 is 1.11 bits per heavy atom. The largest absolute Gasteiger partial charge is 0.379 e. The molecule has 1 nitrogen and oxygen atoms in total. The zero-order valence-electron chi connectivity index (χ0n) is 10.5. The minimum absolute atomic E-state index is 0.240. The molecule has 0 heterocycles. The highest BCUT2D eigenvalue weighted by atomic mass is 35.5. The second-order valence-corrected chi connectivity index (χ2v) is 5.47. The number of anilines is 1. The van der Waals surface area contributed by atoms with Crippen LogP contribution in [0.25, 0.3) is 0 Å². The van der Waals surface area contributed by atoms with Crippen LogP contribution in [0, 0.1) is 0 Å². The minimum atomic E-state index is 0.240. The summed E-state index contributed by atoms with van der Waals surface area (Å²) in [5.74, 6) is 0. The van der Waals surface area contributed by atoms with Gasteiger partial charge in [0.15, 0.2) is 0 Å². The summed E-state index contributed by atoms with van der Waals surface area (Å²) in [5, 5.41) is 4.25. The zero-order valence-corrected chi connectivity index (χ0v) is 12.1. The fourth-order valence-electron chi connectivity index (χ4n) is 1.80. The summed E-state index contributed by atoms with van der Waals surface area (Å²) in [6, 6.07) is 16.6. The molecular weight excluding hydrogens is 262 g/mol. The Hall–Kier alpha value is -1.12. The Labute approximate surface area is 118 Å². The maximum Gasteiger partial charge on any atom is 0.0486 e. The van der Waals surface area contributed by atoms with Crippen molar-refractivity contribution >= 4 is 29.1 Å². The molecule has 0 saturated carbocycles. The first-order valence-corrected chi connectivity index (χ1v) is 7.45. The summed E-state index contributed by atoms with van der Waals surface area (Å²) in [5.41, 5.74) is 2.32. The monoisotopic (exact) mass is 277 g/mol. The van der Waals surface area contributed by atoms with Gasteiger partial charge >= 0.3 is 0 Å². The summed E-state index contributed by atoms with van der Waals surface area (Å²) >= 11 is 7.75. The van der Waals surface area contributed by atoms with Gasteiger partial charge in [0.2, 0.25) is 0 Å². The van der Waals surface area contributed by atoms with Crippen LogP contribution in [0.5, 0.6) is 0 Å².